The predicted molar refractivity (Wildman–Crippen MR) is 87.6 cm³/mol. The standard InChI is InChI=1S/C17H21ClN2/c1-12-7-8-16(13(2)9-12)20(3)17(11-19)14-5-4-6-15(18)10-14/h4-10,17H,11,19H2,1-3H3. The number of hydrogen-bond donors (Lipinski definition) is 1. The Bertz CT molecular complexity index is 595. The minimum Gasteiger partial charge on any atom is -0.366 e. The van der Waals surface area contributed by atoms with Gasteiger partial charge < -0.3 is 10.6 Å². The fraction of sp³-hybridized carbons (Fsp3) is 0.294. The molecule has 0 bridgehead atoms. The maximum absolute atomic E-state index is 6.09. The fourth-order valence-electron chi connectivity index (χ4n) is 2.60. The number of aryl methyl sites for hydroxylation is 2. The van der Waals surface area contributed by atoms with Crippen LogP contribution in [0.25, 0.3) is 0 Å². The van der Waals surface area contributed by atoms with Crippen LogP contribution in [0.3, 0.4) is 0 Å². The predicted octanol–water partition coefficient (Wildman–Crippen LogP) is 4.09. The average Bonchev–Trinajstić information content (AvgIpc) is 2.39. The topological polar surface area (TPSA) is 29.3 Å². The molecule has 0 radical (unpaired) electrons. The van der Waals surface area contributed by atoms with Crippen LogP contribution >= 0.6 is 11.6 Å². The lowest BCUT2D eigenvalue weighted by atomic mass is 10.0. The molecular weight excluding hydrogens is 268 g/mol. The first-order valence-corrected chi connectivity index (χ1v) is 7.16. The van der Waals surface area contributed by atoms with Gasteiger partial charge in [-0.05, 0) is 43.2 Å². The van der Waals surface area contributed by atoms with Gasteiger partial charge in [0.25, 0.3) is 0 Å². The second-order valence-electron chi connectivity index (χ2n) is 5.21. The third kappa shape index (κ3) is 3.14. The molecule has 106 valence electrons. The minimum absolute atomic E-state index is 0.120. The number of hydrogen-bond acceptors (Lipinski definition) is 2. The maximum atomic E-state index is 6.09. The third-order valence-corrected chi connectivity index (χ3v) is 3.89. The van der Waals surface area contributed by atoms with Gasteiger partial charge in [0.1, 0.15) is 0 Å². The quantitative estimate of drug-likeness (QED) is 0.918. The Labute approximate surface area is 126 Å². The Morgan fingerprint density at radius 3 is 2.50 bits per heavy atom. The first-order valence-electron chi connectivity index (χ1n) is 6.78. The summed E-state index contributed by atoms with van der Waals surface area (Å²) in [5.74, 6) is 0. The van der Waals surface area contributed by atoms with Gasteiger partial charge in [0.05, 0.1) is 6.04 Å². The van der Waals surface area contributed by atoms with E-state index in [9.17, 15) is 0 Å². The van der Waals surface area contributed by atoms with Gasteiger partial charge >= 0.3 is 0 Å². The first kappa shape index (κ1) is 14.9. The van der Waals surface area contributed by atoms with Crippen molar-refractivity contribution >= 4 is 17.3 Å². The molecule has 0 amide bonds. The lowest BCUT2D eigenvalue weighted by Gasteiger charge is -2.31. The van der Waals surface area contributed by atoms with Crippen molar-refractivity contribution in [1.82, 2.24) is 0 Å². The van der Waals surface area contributed by atoms with Crippen LogP contribution in [0.15, 0.2) is 42.5 Å². The van der Waals surface area contributed by atoms with Gasteiger partial charge in [-0.2, -0.15) is 0 Å². The molecule has 0 aliphatic heterocycles. The van der Waals surface area contributed by atoms with Crippen molar-refractivity contribution in [2.45, 2.75) is 19.9 Å². The molecule has 2 aromatic carbocycles. The molecule has 2 rings (SSSR count). The van der Waals surface area contributed by atoms with Crippen molar-refractivity contribution < 1.29 is 0 Å². The van der Waals surface area contributed by atoms with Gasteiger partial charge in [0.2, 0.25) is 0 Å². The monoisotopic (exact) mass is 288 g/mol. The molecule has 2 N–H and O–H groups in total. The molecule has 0 aliphatic rings. The van der Waals surface area contributed by atoms with E-state index in [0.29, 0.717) is 6.54 Å². The van der Waals surface area contributed by atoms with Crippen molar-refractivity contribution in [3.05, 3.63) is 64.2 Å². The highest BCUT2D eigenvalue weighted by Crippen LogP contribution is 2.29. The van der Waals surface area contributed by atoms with Gasteiger partial charge in [-0.1, -0.05) is 41.4 Å². The Hall–Kier alpha value is -1.51. The summed E-state index contributed by atoms with van der Waals surface area (Å²) in [6.07, 6.45) is 0. The summed E-state index contributed by atoms with van der Waals surface area (Å²) in [5, 5.41) is 0.745. The zero-order valence-electron chi connectivity index (χ0n) is 12.2. The maximum Gasteiger partial charge on any atom is 0.0662 e. The summed E-state index contributed by atoms with van der Waals surface area (Å²) in [4.78, 5) is 2.22. The summed E-state index contributed by atoms with van der Waals surface area (Å²) in [6.45, 7) is 4.78. The zero-order chi connectivity index (χ0) is 14.7. The molecule has 2 nitrogen and oxygen atoms in total. The molecule has 0 aliphatic carbocycles. The highest BCUT2D eigenvalue weighted by molar-refractivity contribution is 6.30. The molecule has 0 fully saturated rings. The lowest BCUT2D eigenvalue weighted by Crippen LogP contribution is -2.30. The van der Waals surface area contributed by atoms with Crippen molar-refractivity contribution in [2.75, 3.05) is 18.5 Å². The number of rotatable bonds is 4. The number of nitrogens with zero attached hydrogens (tertiary/aromatic N) is 1. The molecule has 1 atom stereocenters. The van der Waals surface area contributed by atoms with Gasteiger partial charge in [-0.3, -0.25) is 0 Å². The number of benzene rings is 2. The molecule has 0 aromatic heterocycles. The SMILES string of the molecule is Cc1ccc(N(C)C(CN)c2cccc(Cl)c2)c(C)c1. The largest absolute Gasteiger partial charge is 0.366 e. The van der Waals surface area contributed by atoms with Gasteiger partial charge in [-0.15, -0.1) is 0 Å². The van der Waals surface area contributed by atoms with E-state index in [2.05, 4.69) is 50.1 Å². The van der Waals surface area contributed by atoms with Crippen LogP contribution in [0, 0.1) is 13.8 Å². The Balaban J connectivity index is 2.36. The molecule has 3 heteroatoms. The number of nitrogens with two attached hydrogens (primary N) is 1. The van der Waals surface area contributed by atoms with Crippen LogP contribution in [-0.4, -0.2) is 13.6 Å². The molecule has 0 saturated carbocycles. The van der Waals surface area contributed by atoms with Crippen LogP contribution in [-0.2, 0) is 0 Å². The van der Waals surface area contributed by atoms with Crippen LogP contribution in [0.2, 0.25) is 5.02 Å². The van der Waals surface area contributed by atoms with Crippen molar-refractivity contribution in [3.8, 4) is 0 Å². The number of halogens is 1. The van der Waals surface area contributed by atoms with E-state index in [4.69, 9.17) is 17.3 Å². The second kappa shape index (κ2) is 6.29. The molecule has 0 spiro atoms. The van der Waals surface area contributed by atoms with Gasteiger partial charge in [0, 0.05) is 24.3 Å². The van der Waals surface area contributed by atoms with Crippen LogP contribution in [0.5, 0.6) is 0 Å². The fourth-order valence-corrected chi connectivity index (χ4v) is 2.80. The van der Waals surface area contributed by atoms with E-state index in [1.54, 1.807) is 0 Å². The summed E-state index contributed by atoms with van der Waals surface area (Å²) >= 11 is 6.09. The molecular formula is C17H21ClN2. The lowest BCUT2D eigenvalue weighted by molar-refractivity contribution is 0.679. The van der Waals surface area contributed by atoms with E-state index < -0.39 is 0 Å². The third-order valence-electron chi connectivity index (χ3n) is 3.66. The van der Waals surface area contributed by atoms with E-state index in [-0.39, 0.29) is 6.04 Å². The molecule has 2 aromatic rings. The highest BCUT2D eigenvalue weighted by atomic mass is 35.5. The first-order chi connectivity index (χ1) is 9.52. The number of anilines is 1. The highest BCUT2D eigenvalue weighted by Gasteiger charge is 2.17. The summed E-state index contributed by atoms with van der Waals surface area (Å²) in [7, 11) is 2.08. The molecule has 20 heavy (non-hydrogen) atoms. The van der Waals surface area contributed by atoms with E-state index in [1.807, 2.05) is 18.2 Å². The second-order valence-corrected chi connectivity index (χ2v) is 5.64. The number of likely N-dealkylation sites (N-methyl/N-ethyl adjacent to an activating group) is 1. The summed E-state index contributed by atoms with van der Waals surface area (Å²) in [5.41, 5.74) is 10.9. The van der Waals surface area contributed by atoms with Gasteiger partial charge in [0.15, 0.2) is 0 Å². The minimum atomic E-state index is 0.120. The van der Waals surface area contributed by atoms with Crippen LogP contribution in [0.4, 0.5) is 5.69 Å². The molecule has 0 saturated heterocycles. The van der Waals surface area contributed by atoms with Crippen LogP contribution < -0.4 is 10.6 Å². The smallest absolute Gasteiger partial charge is 0.0662 e. The normalized spacial score (nSPS) is 12.2. The van der Waals surface area contributed by atoms with Gasteiger partial charge in [-0.25, -0.2) is 0 Å². The Kier molecular flexibility index (Phi) is 4.69. The van der Waals surface area contributed by atoms with Crippen molar-refractivity contribution in [2.24, 2.45) is 5.73 Å². The zero-order valence-corrected chi connectivity index (χ0v) is 13.0. The summed E-state index contributed by atoms with van der Waals surface area (Å²) in [6, 6.07) is 14.5. The van der Waals surface area contributed by atoms with Crippen molar-refractivity contribution in [1.29, 1.82) is 0 Å². The Morgan fingerprint density at radius 2 is 1.90 bits per heavy atom. The van der Waals surface area contributed by atoms with Crippen LogP contribution in [0.1, 0.15) is 22.7 Å². The molecule has 0 heterocycles. The van der Waals surface area contributed by atoms with E-state index in [1.165, 1.54) is 16.8 Å². The van der Waals surface area contributed by atoms with E-state index in [0.717, 1.165) is 10.6 Å². The summed E-state index contributed by atoms with van der Waals surface area (Å²) < 4.78 is 0. The molecule has 1 unspecified atom stereocenters. The average molecular weight is 289 g/mol. The van der Waals surface area contributed by atoms with E-state index >= 15 is 0 Å². The Morgan fingerprint density at radius 1 is 1.15 bits per heavy atom. The van der Waals surface area contributed by atoms with Crippen molar-refractivity contribution in [3.63, 3.8) is 0 Å².